The number of carbonyl (C=O) groups is 2. The predicted octanol–water partition coefficient (Wildman–Crippen LogP) is 9.25. The number of aliphatic hydroxyl groups excluding tert-OH is 2. The van der Waals surface area contributed by atoms with Crippen molar-refractivity contribution >= 4 is 11.9 Å². The molecular weight excluding hydrogens is 540 g/mol. The van der Waals surface area contributed by atoms with Gasteiger partial charge in [0.2, 0.25) is 0 Å². The molecule has 0 aromatic carbocycles. The Morgan fingerprint density at radius 1 is 0.628 bits per heavy atom. The fourth-order valence-electron chi connectivity index (χ4n) is 4.50. The summed E-state index contributed by atoms with van der Waals surface area (Å²) in [7, 11) is 0. The molecule has 2 atom stereocenters. The van der Waals surface area contributed by atoms with Gasteiger partial charge in [-0.25, -0.2) is 0 Å². The van der Waals surface area contributed by atoms with Gasteiger partial charge in [-0.3, -0.25) is 9.59 Å². The van der Waals surface area contributed by atoms with E-state index >= 15 is 0 Å². The third kappa shape index (κ3) is 32.6. The highest BCUT2D eigenvalue weighted by molar-refractivity contribution is 5.70. The van der Waals surface area contributed by atoms with E-state index in [1.54, 1.807) is 0 Å². The zero-order valence-corrected chi connectivity index (χ0v) is 27.6. The number of rotatable bonds is 30. The Morgan fingerprint density at radius 2 is 1.09 bits per heavy atom. The number of ether oxygens (including phenoxy) is 2. The number of esters is 2. The molecule has 0 bridgehead atoms. The fourth-order valence-corrected chi connectivity index (χ4v) is 4.50. The van der Waals surface area contributed by atoms with E-state index in [1.165, 1.54) is 51.4 Å². The standard InChI is InChI=1S/C37H64O6/c1-3-4-5-6-7-8-14-19-22-25-28-31-37(41)43-35(32-38)33-42-36(40)30-27-24-21-18-16-13-11-9-10-12-15-17-20-23-26-29-34(2)39/h10-13,17-18,20-21,34-35,38-39H,3-9,14-16,19,22-33H2,1-2H3/b12-10-,13-11-,20-17-,21-18-/t34-,35+/m1/s1. The highest BCUT2D eigenvalue weighted by atomic mass is 16.6. The van der Waals surface area contributed by atoms with E-state index < -0.39 is 6.10 Å². The summed E-state index contributed by atoms with van der Waals surface area (Å²) in [6.07, 6.45) is 37.3. The van der Waals surface area contributed by atoms with Gasteiger partial charge < -0.3 is 19.7 Å². The molecule has 6 nitrogen and oxygen atoms in total. The molecule has 0 aliphatic rings. The van der Waals surface area contributed by atoms with Crippen LogP contribution in [0, 0.1) is 0 Å². The second-order valence-electron chi connectivity index (χ2n) is 11.5. The van der Waals surface area contributed by atoms with E-state index in [0.717, 1.165) is 64.2 Å². The molecule has 0 aromatic rings. The minimum Gasteiger partial charge on any atom is -0.462 e. The van der Waals surface area contributed by atoms with E-state index in [2.05, 4.69) is 55.5 Å². The predicted molar refractivity (Wildman–Crippen MR) is 179 cm³/mol. The van der Waals surface area contributed by atoms with Gasteiger partial charge in [0.05, 0.1) is 12.7 Å². The summed E-state index contributed by atoms with van der Waals surface area (Å²) < 4.78 is 10.5. The maximum Gasteiger partial charge on any atom is 0.306 e. The van der Waals surface area contributed by atoms with Gasteiger partial charge in [-0.2, -0.15) is 0 Å². The second-order valence-corrected chi connectivity index (χ2v) is 11.5. The molecule has 6 heteroatoms. The Morgan fingerprint density at radius 3 is 1.60 bits per heavy atom. The number of hydrogen-bond acceptors (Lipinski definition) is 6. The molecule has 0 radical (unpaired) electrons. The summed E-state index contributed by atoms with van der Waals surface area (Å²) in [4.78, 5) is 24.1. The number of hydrogen-bond donors (Lipinski definition) is 2. The van der Waals surface area contributed by atoms with Crippen LogP contribution >= 0.6 is 0 Å². The summed E-state index contributed by atoms with van der Waals surface area (Å²) in [5.74, 6) is -0.677. The molecule has 0 amide bonds. The van der Waals surface area contributed by atoms with Crippen molar-refractivity contribution in [3.63, 3.8) is 0 Å². The first kappa shape index (κ1) is 40.8. The Hall–Kier alpha value is -2.18. The fraction of sp³-hybridized carbons (Fsp3) is 0.730. The zero-order valence-electron chi connectivity index (χ0n) is 27.6. The van der Waals surface area contributed by atoms with Gasteiger partial charge in [-0.05, 0) is 64.7 Å². The molecule has 0 saturated heterocycles. The van der Waals surface area contributed by atoms with Crippen LogP contribution in [0.25, 0.3) is 0 Å². The molecule has 0 aromatic heterocycles. The van der Waals surface area contributed by atoms with Crippen molar-refractivity contribution in [2.24, 2.45) is 0 Å². The Labute approximate surface area is 263 Å². The molecule has 0 saturated carbocycles. The van der Waals surface area contributed by atoms with Crippen LogP contribution in [-0.2, 0) is 19.1 Å². The second kappa shape index (κ2) is 32.7. The van der Waals surface area contributed by atoms with Crippen molar-refractivity contribution in [3.8, 4) is 0 Å². The normalized spacial score (nSPS) is 13.5. The highest BCUT2D eigenvalue weighted by Gasteiger charge is 2.16. The molecule has 0 spiro atoms. The maximum atomic E-state index is 12.1. The van der Waals surface area contributed by atoms with E-state index in [9.17, 15) is 19.8 Å². The minimum atomic E-state index is -0.798. The molecule has 0 aliphatic carbocycles. The average Bonchev–Trinajstić information content (AvgIpc) is 2.99. The smallest absolute Gasteiger partial charge is 0.306 e. The highest BCUT2D eigenvalue weighted by Crippen LogP contribution is 2.12. The molecule has 0 unspecified atom stereocenters. The maximum absolute atomic E-state index is 12.1. The molecule has 0 fully saturated rings. The lowest BCUT2D eigenvalue weighted by Crippen LogP contribution is -2.28. The van der Waals surface area contributed by atoms with Crippen molar-refractivity contribution in [1.82, 2.24) is 0 Å². The van der Waals surface area contributed by atoms with Crippen molar-refractivity contribution in [1.29, 1.82) is 0 Å². The van der Waals surface area contributed by atoms with Crippen molar-refractivity contribution in [2.45, 2.75) is 161 Å². The number of carbonyl (C=O) groups excluding carboxylic acids is 2. The number of allylic oxidation sites excluding steroid dienone is 8. The first-order chi connectivity index (χ1) is 21.0. The Balaban J connectivity index is 3.71. The first-order valence-electron chi connectivity index (χ1n) is 17.2. The summed E-state index contributed by atoms with van der Waals surface area (Å²) in [5.41, 5.74) is 0. The van der Waals surface area contributed by atoms with Gasteiger partial charge in [0, 0.05) is 12.8 Å². The first-order valence-corrected chi connectivity index (χ1v) is 17.2. The minimum absolute atomic E-state index is 0.103. The average molecular weight is 605 g/mol. The molecule has 2 N–H and O–H groups in total. The number of unbranched alkanes of at least 4 members (excludes halogenated alkanes) is 12. The molecular formula is C37H64O6. The van der Waals surface area contributed by atoms with Crippen LogP contribution in [0.2, 0.25) is 0 Å². The van der Waals surface area contributed by atoms with Gasteiger partial charge in [0.25, 0.3) is 0 Å². The zero-order chi connectivity index (χ0) is 31.6. The van der Waals surface area contributed by atoms with E-state index in [4.69, 9.17) is 9.47 Å². The van der Waals surface area contributed by atoms with Gasteiger partial charge >= 0.3 is 11.9 Å². The van der Waals surface area contributed by atoms with Gasteiger partial charge in [0.1, 0.15) is 6.61 Å². The molecule has 0 heterocycles. The third-order valence-electron chi connectivity index (χ3n) is 7.14. The molecule has 0 aliphatic heterocycles. The van der Waals surface area contributed by atoms with Crippen LogP contribution < -0.4 is 0 Å². The Bertz CT molecular complexity index is 752. The van der Waals surface area contributed by atoms with E-state index in [1.807, 2.05) is 6.92 Å². The van der Waals surface area contributed by atoms with E-state index in [0.29, 0.717) is 19.3 Å². The van der Waals surface area contributed by atoms with Gasteiger partial charge in [-0.15, -0.1) is 0 Å². The molecule has 0 rings (SSSR count). The van der Waals surface area contributed by atoms with Crippen LogP contribution in [0.15, 0.2) is 48.6 Å². The van der Waals surface area contributed by atoms with Crippen LogP contribution in [0.3, 0.4) is 0 Å². The summed E-state index contributed by atoms with van der Waals surface area (Å²) in [6.45, 7) is 3.61. The lowest BCUT2D eigenvalue weighted by atomic mass is 10.1. The summed E-state index contributed by atoms with van der Waals surface area (Å²) in [5, 5.41) is 18.7. The van der Waals surface area contributed by atoms with E-state index in [-0.39, 0.29) is 31.3 Å². The van der Waals surface area contributed by atoms with Crippen molar-refractivity contribution < 1.29 is 29.3 Å². The van der Waals surface area contributed by atoms with Crippen molar-refractivity contribution in [2.75, 3.05) is 13.2 Å². The summed E-state index contributed by atoms with van der Waals surface area (Å²) >= 11 is 0. The molecule has 248 valence electrons. The summed E-state index contributed by atoms with van der Waals surface area (Å²) in [6, 6.07) is 0. The quantitative estimate of drug-likeness (QED) is 0.0482. The van der Waals surface area contributed by atoms with Crippen LogP contribution in [0.4, 0.5) is 0 Å². The van der Waals surface area contributed by atoms with Crippen LogP contribution in [-0.4, -0.2) is 47.6 Å². The monoisotopic (exact) mass is 604 g/mol. The van der Waals surface area contributed by atoms with Crippen LogP contribution in [0.5, 0.6) is 0 Å². The number of aliphatic hydroxyl groups is 2. The topological polar surface area (TPSA) is 93.1 Å². The molecule has 43 heavy (non-hydrogen) atoms. The van der Waals surface area contributed by atoms with Crippen LogP contribution in [0.1, 0.15) is 149 Å². The van der Waals surface area contributed by atoms with Crippen molar-refractivity contribution in [3.05, 3.63) is 48.6 Å². The van der Waals surface area contributed by atoms with Gasteiger partial charge in [-0.1, -0.05) is 120 Å². The SMILES string of the molecule is CCCCCCCCCCCCCC(=O)O[C@@H](CO)COC(=O)CCC/C=C\C/C=C\C/C=C\C/C=C\CCC[C@@H](C)O. The Kier molecular flexibility index (Phi) is 31.1. The van der Waals surface area contributed by atoms with Gasteiger partial charge in [0.15, 0.2) is 6.10 Å². The largest absolute Gasteiger partial charge is 0.462 e. The lowest BCUT2D eigenvalue weighted by Gasteiger charge is -2.15. The lowest BCUT2D eigenvalue weighted by molar-refractivity contribution is -0.161. The third-order valence-corrected chi connectivity index (χ3v) is 7.14.